The molecule has 0 bridgehead atoms. The highest BCUT2D eigenvalue weighted by Crippen LogP contribution is 2.24. The van der Waals surface area contributed by atoms with Gasteiger partial charge in [0.05, 0.1) is 12.5 Å². The Hall–Kier alpha value is -2.44. The van der Waals surface area contributed by atoms with Crippen LogP contribution in [-0.4, -0.2) is 69.6 Å². The number of piperazine rings is 1. The summed E-state index contributed by atoms with van der Waals surface area (Å²) in [5.41, 5.74) is 3.18. The summed E-state index contributed by atoms with van der Waals surface area (Å²) in [6.45, 7) is 4.56. The van der Waals surface area contributed by atoms with Crippen molar-refractivity contribution in [3.63, 3.8) is 0 Å². The molecule has 156 valence electrons. The molecule has 0 spiro atoms. The van der Waals surface area contributed by atoms with Gasteiger partial charge in [-0.05, 0) is 42.4 Å². The van der Waals surface area contributed by atoms with Crippen molar-refractivity contribution in [2.75, 3.05) is 58.8 Å². The predicted molar refractivity (Wildman–Crippen MR) is 116 cm³/mol. The van der Waals surface area contributed by atoms with Crippen molar-refractivity contribution in [2.45, 2.75) is 12.5 Å². The van der Waals surface area contributed by atoms with E-state index >= 15 is 0 Å². The zero-order valence-corrected chi connectivity index (χ0v) is 17.6. The number of carbonyl (C=O) groups is 1. The number of carbonyl (C=O) groups excluding carboxylic acids is 1. The summed E-state index contributed by atoms with van der Waals surface area (Å²) < 4.78 is 13.1. The lowest BCUT2D eigenvalue weighted by Gasteiger charge is -2.38. The number of hydrogen-bond donors (Lipinski definition) is 1. The molecule has 29 heavy (non-hydrogen) atoms. The molecular weight excluding hydrogens is 367 g/mol. The molecule has 0 radical (unpaired) electrons. The number of anilines is 1. The van der Waals surface area contributed by atoms with Gasteiger partial charge in [-0.25, -0.2) is 4.39 Å². The van der Waals surface area contributed by atoms with Gasteiger partial charge in [-0.3, -0.25) is 9.69 Å². The van der Waals surface area contributed by atoms with Crippen molar-refractivity contribution < 1.29 is 9.18 Å². The first kappa shape index (κ1) is 21.3. The quantitative estimate of drug-likeness (QED) is 0.778. The van der Waals surface area contributed by atoms with Gasteiger partial charge in [0, 0.05) is 52.5 Å². The SMILES string of the molecule is CN1CCN([C@@H](CNC(=O)Cc2ccc(F)cc2)c2ccc(N(C)C)cc2)CC1. The van der Waals surface area contributed by atoms with E-state index in [0.717, 1.165) is 37.4 Å². The summed E-state index contributed by atoms with van der Waals surface area (Å²) in [4.78, 5) is 19.3. The first-order valence-electron chi connectivity index (χ1n) is 10.1. The number of likely N-dealkylation sites (N-methyl/N-ethyl adjacent to an activating group) is 1. The van der Waals surface area contributed by atoms with Crippen LogP contribution in [-0.2, 0) is 11.2 Å². The van der Waals surface area contributed by atoms with Crippen LogP contribution >= 0.6 is 0 Å². The fourth-order valence-corrected chi connectivity index (χ4v) is 3.65. The molecule has 1 atom stereocenters. The van der Waals surface area contributed by atoms with Crippen LogP contribution in [0, 0.1) is 5.82 Å². The van der Waals surface area contributed by atoms with Crippen LogP contribution in [0.1, 0.15) is 17.2 Å². The molecule has 5 nitrogen and oxygen atoms in total. The molecule has 3 rings (SSSR count). The molecule has 2 aromatic carbocycles. The third kappa shape index (κ3) is 6.02. The first-order chi connectivity index (χ1) is 13.9. The third-order valence-corrected chi connectivity index (χ3v) is 5.54. The molecular formula is C23H31FN4O. The van der Waals surface area contributed by atoms with Crippen molar-refractivity contribution in [3.05, 3.63) is 65.5 Å². The van der Waals surface area contributed by atoms with E-state index < -0.39 is 0 Å². The second-order valence-corrected chi connectivity index (χ2v) is 7.95. The van der Waals surface area contributed by atoms with Crippen LogP contribution in [0.5, 0.6) is 0 Å². The lowest BCUT2D eigenvalue weighted by atomic mass is 10.0. The van der Waals surface area contributed by atoms with E-state index in [4.69, 9.17) is 0 Å². The molecule has 1 fully saturated rings. The van der Waals surface area contributed by atoms with Gasteiger partial charge in [0.2, 0.25) is 5.91 Å². The first-order valence-corrected chi connectivity index (χ1v) is 10.1. The van der Waals surface area contributed by atoms with Crippen molar-refractivity contribution in [1.82, 2.24) is 15.1 Å². The molecule has 1 amide bonds. The summed E-state index contributed by atoms with van der Waals surface area (Å²) in [5, 5.41) is 3.09. The maximum atomic E-state index is 13.1. The van der Waals surface area contributed by atoms with E-state index in [-0.39, 0.29) is 24.2 Å². The number of halogens is 1. The molecule has 0 aliphatic carbocycles. The van der Waals surface area contributed by atoms with Gasteiger partial charge in [-0.1, -0.05) is 24.3 Å². The Morgan fingerprint density at radius 1 is 1.03 bits per heavy atom. The highest BCUT2D eigenvalue weighted by atomic mass is 19.1. The van der Waals surface area contributed by atoms with Gasteiger partial charge < -0.3 is 15.1 Å². The van der Waals surface area contributed by atoms with E-state index in [1.165, 1.54) is 17.7 Å². The average Bonchev–Trinajstić information content (AvgIpc) is 2.71. The normalized spacial score (nSPS) is 16.4. The number of rotatable bonds is 7. The molecule has 1 aliphatic rings. The Kier molecular flexibility index (Phi) is 7.23. The summed E-state index contributed by atoms with van der Waals surface area (Å²) >= 11 is 0. The monoisotopic (exact) mass is 398 g/mol. The number of nitrogens with one attached hydrogen (secondary N) is 1. The molecule has 1 saturated heterocycles. The Morgan fingerprint density at radius 3 is 2.24 bits per heavy atom. The number of hydrogen-bond acceptors (Lipinski definition) is 4. The minimum atomic E-state index is -0.287. The van der Waals surface area contributed by atoms with E-state index in [2.05, 4.69) is 51.3 Å². The number of benzene rings is 2. The Morgan fingerprint density at radius 2 is 1.66 bits per heavy atom. The fourth-order valence-electron chi connectivity index (χ4n) is 3.65. The third-order valence-electron chi connectivity index (χ3n) is 5.54. The molecule has 1 N–H and O–H groups in total. The molecule has 6 heteroatoms. The van der Waals surface area contributed by atoms with Crippen LogP contribution in [0.3, 0.4) is 0 Å². The maximum absolute atomic E-state index is 13.1. The highest BCUT2D eigenvalue weighted by Gasteiger charge is 2.24. The summed E-state index contributed by atoms with van der Waals surface area (Å²) in [7, 11) is 6.20. The van der Waals surface area contributed by atoms with Crippen molar-refractivity contribution >= 4 is 11.6 Å². The Bertz CT molecular complexity index is 784. The maximum Gasteiger partial charge on any atom is 0.224 e. The van der Waals surface area contributed by atoms with Gasteiger partial charge >= 0.3 is 0 Å². The molecule has 0 aromatic heterocycles. The van der Waals surface area contributed by atoms with E-state index in [9.17, 15) is 9.18 Å². The summed E-state index contributed by atoms with van der Waals surface area (Å²) in [5.74, 6) is -0.328. The van der Waals surface area contributed by atoms with Crippen molar-refractivity contribution in [1.29, 1.82) is 0 Å². The highest BCUT2D eigenvalue weighted by molar-refractivity contribution is 5.78. The van der Waals surface area contributed by atoms with Gasteiger partial charge in [-0.2, -0.15) is 0 Å². The Labute approximate surface area is 173 Å². The van der Waals surface area contributed by atoms with Crippen LogP contribution in [0.15, 0.2) is 48.5 Å². The molecule has 0 saturated carbocycles. The molecule has 2 aromatic rings. The molecule has 0 unspecified atom stereocenters. The minimum Gasteiger partial charge on any atom is -0.378 e. The zero-order chi connectivity index (χ0) is 20.8. The van der Waals surface area contributed by atoms with E-state index in [1.807, 2.05) is 14.1 Å². The van der Waals surface area contributed by atoms with Crippen molar-refractivity contribution in [2.24, 2.45) is 0 Å². The van der Waals surface area contributed by atoms with Gasteiger partial charge in [-0.15, -0.1) is 0 Å². The lowest BCUT2D eigenvalue weighted by molar-refractivity contribution is -0.120. The summed E-state index contributed by atoms with van der Waals surface area (Å²) in [6.07, 6.45) is 0.259. The number of amides is 1. The van der Waals surface area contributed by atoms with Gasteiger partial charge in [0.15, 0.2) is 0 Å². The topological polar surface area (TPSA) is 38.8 Å². The smallest absolute Gasteiger partial charge is 0.224 e. The van der Waals surface area contributed by atoms with Crippen LogP contribution < -0.4 is 10.2 Å². The van der Waals surface area contributed by atoms with Crippen LogP contribution in [0.25, 0.3) is 0 Å². The molecule has 1 heterocycles. The predicted octanol–water partition coefficient (Wildman–Crippen LogP) is 2.54. The average molecular weight is 399 g/mol. The van der Waals surface area contributed by atoms with Crippen LogP contribution in [0.2, 0.25) is 0 Å². The zero-order valence-electron chi connectivity index (χ0n) is 17.6. The number of nitrogens with zero attached hydrogens (tertiary/aromatic N) is 3. The van der Waals surface area contributed by atoms with E-state index in [0.29, 0.717) is 6.54 Å². The van der Waals surface area contributed by atoms with Crippen molar-refractivity contribution in [3.8, 4) is 0 Å². The fraction of sp³-hybridized carbons (Fsp3) is 0.435. The standard InChI is InChI=1S/C23H31FN4O/c1-26(2)21-10-6-19(7-11-21)22(28-14-12-27(3)13-15-28)17-25-23(29)16-18-4-8-20(24)9-5-18/h4-11,22H,12-17H2,1-3H3,(H,25,29)/t22-/m0/s1. The van der Waals surface area contributed by atoms with E-state index in [1.54, 1.807) is 12.1 Å². The molecule has 1 aliphatic heterocycles. The summed E-state index contributed by atoms with van der Waals surface area (Å²) in [6, 6.07) is 14.8. The minimum absolute atomic E-state index is 0.0411. The van der Waals surface area contributed by atoms with Gasteiger partial charge in [0.1, 0.15) is 5.82 Å². The lowest BCUT2D eigenvalue weighted by Crippen LogP contribution is -2.48. The second-order valence-electron chi connectivity index (χ2n) is 7.95. The Balaban J connectivity index is 1.67. The largest absolute Gasteiger partial charge is 0.378 e. The second kappa shape index (κ2) is 9.85. The van der Waals surface area contributed by atoms with Crippen LogP contribution in [0.4, 0.5) is 10.1 Å². The van der Waals surface area contributed by atoms with Gasteiger partial charge in [0.25, 0.3) is 0 Å².